The number of benzene rings is 4. The van der Waals surface area contributed by atoms with Gasteiger partial charge in [0, 0.05) is 32.6 Å². The molecule has 0 aliphatic carbocycles. The number of thiophene rings is 1. The Hall–Kier alpha value is -5.27. The van der Waals surface area contributed by atoms with Crippen LogP contribution in [-0.4, -0.2) is 24.2 Å². The molecule has 0 spiro atoms. The van der Waals surface area contributed by atoms with Crippen molar-refractivity contribution in [2.45, 2.75) is 20.3 Å². The topological polar surface area (TPSA) is 84.5 Å². The standard InChI is InChI=1S/C37H32N2O4S/c1-3-43-30-16-13-27(14-17-30)34-21-18-31(44-34)19-22-35(40)38-29-15-20-33(32(24-29)37(42)28-7-5-4-6-8-28)39-36(41)23-26-11-9-25(2)10-12-26/h4-22,24H,3,23H2,1-2H3,(H,38,40)(H,39,41)/b22-19+. The molecule has 0 unspecified atom stereocenters. The Morgan fingerprint density at radius 3 is 2.30 bits per heavy atom. The first kappa shape index (κ1) is 30.2. The number of anilines is 2. The number of aryl methyl sites for hydroxylation is 1. The van der Waals surface area contributed by atoms with Crippen LogP contribution in [0.25, 0.3) is 16.5 Å². The molecule has 0 fully saturated rings. The molecule has 44 heavy (non-hydrogen) atoms. The van der Waals surface area contributed by atoms with Crippen molar-refractivity contribution in [3.63, 3.8) is 0 Å². The van der Waals surface area contributed by atoms with Crippen LogP contribution in [0, 0.1) is 6.92 Å². The Bertz CT molecular complexity index is 1790. The van der Waals surface area contributed by atoms with Gasteiger partial charge in [0.2, 0.25) is 11.8 Å². The summed E-state index contributed by atoms with van der Waals surface area (Å²) in [6.45, 7) is 4.56. The van der Waals surface area contributed by atoms with Gasteiger partial charge in [0.1, 0.15) is 5.75 Å². The summed E-state index contributed by atoms with van der Waals surface area (Å²) in [5.74, 6) is -0.00862. The van der Waals surface area contributed by atoms with Gasteiger partial charge in [0.25, 0.3) is 0 Å². The van der Waals surface area contributed by atoms with E-state index in [0.29, 0.717) is 23.5 Å². The molecule has 0 aliphatic heterocycles. The van der Waals surface area contributed by atoms with E-state index in [1.54, 1.807) is 59.9 Å². The zero-order valence-electron chi connectivity index (χ0n) is 24.5. The van der Waals surface area contributed by atoms with E-state index in [0.717, 1.165) is 32.2 Å². The summed E-state index contributed by atoms with van der Waals surface area (Å²) in [5, 5.41) is 5.73. The number of ether oxygens (including phenoxy) is 1. The minimum absolute atomic E-state index is 0.172. The van der Waals surface area contributed by atoms with E-state index in [-0.39, 0.29) is 29.6 Å². The minimum atomic E-state index is -0.338. The Morgan fingerprint density at radius 2 is 1.57 bits per heavy atom. The normalized spacial score (nSPS) is 10.9. The van der Waals surface area contributed by atoms with Crippen LogP contribution in [0.3, 0.4) is 0 Å². The van der Waals surface area contributed by atoms with Crippen LogP contribution in [0.5, 0.6) is 5.75 Å². The van der Waals surface area contributed by atoms with Crippen LogP contribution in [0.15, 0.2) is 115 Å². The van der Waals surface area contributed by atoms with Crippen LogP contribution < -0.4 is 15.4 Å². The SMILES string of the molecule is CCOc1ccc(-c2ccc(/C=C/C(=O)Nc3ccc(NC(=O)Cc4ccc(C)cc4)c(C(=O)c4ccccc4)c3)s2)cc1. The fourth-order valence-corrected chi connectivity index (χ4v) is 5.49. The molecule has 2 amide bonds. The lowest BCUT2D eigenvalue weighted by Crippen LogP contribution is -2.18. The third kappa shape index (κ3) is 7.96. The smallest absolute Gasteiger partial charge is 0.248 e. The average Bonchev–Trinajstić information content (AvgIpc) is 3.52. The van der Waals surface area contributed by atoms with E-state index in [4.69, 9.17) is 4.74 Å². The summed E-state index contributed by atoms with van der Waals surface area (Å²) in [6, 6.07) is 33.4. The zero-order valence-corrected chi connectivity index (χ0v) is 25.3. The molecular formula is C37H32N2O4S. The van der Waals surface area contributed by atoms with Gasteiger partial charge >= 0.3 is 0 Å². The minimum Gasteiger partial charge on any atom is -0.494 e. The fraction of sp³-hybridized carbons (Fsp3) is 0.108. The van der Waals surface area contributed by atoms with Crippen molar-refractivity contribution in [3.05, 3.63) is 142 Å². The number of hydrogen-bond acceptors (Lipinski definition) is 5. The Kier molecular flexibility index (Phi) is 9.79. The number of nitrogens with one attached hydrogen (secondary N) is 2. The number of carbonyl (C=O) groups is 3. The Balaban J connectivity index is 1.29. The van der Waals surface area contributed by atoms with Crippen LogP contribution in [-0.2, 0) is 16.0 Å². The first-order valence-electron chi connectivity index (χ1n) is 14.3. The molecule has 5 rings (SSSR count). The maximum absolute atomic E-state index is 13.5. The number of hydrogen-bond donors (Lipinski definition) is 2. The van der Waals surface area contributed by atoms with Crippen LogP contribution in [0.2, 0.25) is 0 Å². The number of carbonyl (C=O) groups excluding carboxylic acids is 3. The second-order valence-corrected chi connectivity index (χ2v) is 11.3. The van der Waals surface area contributed by atoms with E-state index in [9.17, 15) is 14.4 Å². The van der Waals surface area contributed by atoms with Gasteiger partial charge in [-0.1, -0.05) is 60.2 Å². The second-order valence-electron chi connectivity index (χ2n) is 10.1. The van der Waals surface area contributed by atoms with E-state index in [2.05, 4.69) is 10.6 Å². The maximum atomic E-state index is 13.5. The monoisotopic (exact) mass is 600 g/mol. The lowest BCUT2D eigenvalue weighted by atomic mass is 10.0. The molecule has 0 saturated carbocycles. The molecular weight excluding hydrogens is 568 g/mol. The summed E-state index contributed by atoms with van der Waals surface area (Å²) in [7, 11) is 0. The van der Waals surface area contributed by atoms with E-state index in [1.165, 1.54) is 6.08 Å². The van der Waals surface area contributed by atoms with Crippen molar-refractivity contribution in [2.24, 2.45) is 0 Å². The van der Waals surface area contributed by atoms with Crippen LogP contribution >= 0.6 is 11.3 Å². The highest BCUT2D eigenvalue weighted by Crippen LogP contribution is 2.30. The molecule has 2 N–H and O–H groups in total. The lowest BCUT2D eigenvalue weighted by molar-refractivity contribution is -0.115. The van der Waals surface area contributed by atoms with E-state index >= 15 is 0 Å². The third-order valence-electron chi connectivity index (χ3n) is 6.80. The van der Waals surface area contributed by atoms with E-state index in [1.807, 2.05) is 80.6 Å². The highest BCUT2D eigenvalue weighted by molar-refractivity contribution is 7.16. The molecule has 0 atom stereocenters. The van der Waals surface area contributed by atoms with Crippen LogP contribution in [0.1, 0.15) is 38.8 Å². The largest absolute Gasteiger partial charge is 0.494 e. The quantitative estimate of drug-likeness (QED) is 0.118. The van der Waals surface area contributed by atoms with Crippen molar-refractivity contribution in [3.8, 4) is 16.2 Å². The predicted octanol–water partition coefficient (Wildman–Crippen LogP) is 8.19. The van der Waals surface area contributed by atoms with E-state index < -0.39 is 0 Å². The molecule has 7 heteroatoms. The molecule has 5 aromatic rings. The van der Waals surface area contributed by atoms with Crippen molar-refractivity contribution >= 4 is 46.4 Å². The zero-order chi connectivity index (χ0) is 30.9. The predicted molar refractivity (Wildman–Crippen MR) is 178 cm³/mol. The highest BCUT2D eigenvalue weighted by atomic mass is 32.1. The van der Waals surface area contributed by atoms with Crippen LogP contribution in [0.4, 0.5) is 11.4 Å². The molecule has 220 valence electrons. The first-order valence-corrected chi connectivity index (χ1v) is 15.1. The van der Waals surface area contributed by atoms with Crippen molar-refractivity contribution in [1.82, 2.24) is 0 Å². The summed E-state index contributed by atoms with van der Waals surface area (Å²) < 4.78 is 5.52. The third-order valence-corrected chi connectivity index (χ3v) is 7.90. The van der Waals surface area contributed by atoms with Gasteiger partial charge in [-0.15, -0.1) is 11.3 Å². The Labute approximate surface area is 261 Å². The number of amides is 2. The molecule has 4 aromatic carbocycles. The Morgan fingerprint density at radius 1 is 0.818 bits per heavy atom. The fourth-order valence-electron chi connectivity index (χ4n) is 4.57. The van der Waals surface area contributed by atoms with Crippen molar-refractivity contribution in [1.29, 1.82) is 0 Å². The molecule has 0 bridgehead atoms. The average molecular weight is 601 g/mol. The van der Waals surface area contributed by atoms with Gasteiger partial charge in [-0.2, -0.15) is 0 Å². The van der Waals surface area contributed by atoms with Crippen molar-refractivity contribution in [2.75, 3.05) is 17.2 Å². The van der Waals surface area contributed by atoms with Gasteiger partial charge < -0.3 is 15.4 Å². The summed E-state index contributed by atoms with van der Waals surface area (Å²) in [5.41, 5.74) is 4.64. The van der Waals surface area contributed by atoms with Gasteiger partial charge in [0.15, 0.2) is 5.78 Å². The van der Waals surface area contributed by atoms with Gasteiger partial charge in [-0.3, -0.25) is 14.4 Å². The lowest BCUT2D eigenvalue weighted by Gasteiger charge is -2.13. The van der Waals surface area contributed by atoms with Gasteiger partial charge in [-0.05, 0) is 85.6 Å². The molecule has 0 radical (unpaired) electrons. The van der Waals surface area contributed by atoms with Gasteiger partial charge in [-0.25, -0.2) is 0 Å². The molecule has 1 heterocycles. The number of ketones is 1. The summed E-state index contributed by atoms with van der Waals surface area (Å²) in [6.07, 6.45) is 3.39. The molecule has 6 nitrogen and oxygen atoms in total. The second kappa shape index (κ2) is 14.3. The molecule has 1 aromatic heterocycles. The number of rotatable bonds is 11. The highest BCUT2D eigenvalue weighted by Gasteiger charge is 2.17. The molecule has 0 saturated heterocycles. The summed E-state index contributed by atoms with van der Waals surface area (Å²) in [4.78, 5) is 41.2. The van der Waals surface area contributed by atoms with Gasteiger partial charge in [0.05, 0.1) is 18.7 Å². The maximum Gasteiger partial charge on any atom is 0.248 e. The van der Waals surface area contributed by atoms with Crippen molar-refractivity contribution < 1.29 is 19.1 Å². The first-order chi connectivity index (χ1) is 21.4. The summed E-state index contributed by atoms with van der Waals surface area (Å²) >= 11 is 1.57. The molecule has 0 aliphatic rings.